The minimum Gasteiger partial charge on any atom is -0.268 e. The van der Waals surface area contributed by atoms with Crippen molar-refractivity contribution in [2.24, 2.45) is 0 Å². The van der Waals surface area contributed by atoms with Gasteiger partial charge in [-0.2, -0.15) is 0 Å². The van der Waals surface area contributed by atoms with Crippen LogP contribution in [0.4, 0.5) is 0 Å². The van der Waals surface area contributed by atoms with Crippen LogP contribution >= 0.6 is 0 Å². The van der Waals surface area contributed by atoms with Crippen molar-refractivity contribution >= 4 is 5.52 Å². The zero-order valence-corrected chi connectivity index (χ0v) is 6.16. The van der Waals surface area contributed by atoms with Gasteiger partial charge in [-0.1, -0.05) is 6.07 Å². The lowest BCUT2D eigenvalue weighted by Gasteiger charge is -1.90. The Bertz CT molecular complexity index is 439. The van der Waals surface area contributed by atoms with Gasteiger partial charge in [0.1, 0.15) is 0 Å². The predicted octanol–water partition coefficient (Wildman–Crippen LogP) is 0.936. The number of aromatic amines is 1. The molecule has 0 spiro atoms. The lowest BCUT2D eigenvalue weighted by molar-refractivity contribution is 0.937. The first kappa shape index (κ1) is 6.22. The Morgan fingerprint density at radius 3 is 3.00 bits per heavy atom. The molecule has 0 aliphatic heterocycles. The Balaban J connectivity index is 3.04. The highest BCUT2D eigenvalue weighted by molar-refractivity contribution is 5.52. The minimum atomic E-state index is -0.0174. The predicted molar refractivity (Wildman–Crippen MR) is 42.8 cm³/mol. The molecule has 11 heavy (non-hydrogen) atoms. The molecule has 2 rings (SSSR count). The summed E-state index contributed by atoms with van der Waals surface area (Å²) in [4.78, 5) is 11.1. The van der Waals surface area contributed by atoms with Gasteiger partial charge in [0.05, 0.1) is 5.52 Å². The molecule has 56 valence electrons. The lowest BCUT2D eigenvalue weighted by Crippen LogP contribution is -2.01. The summed E-state index contributed by atoms with van der Waals surface area (Å²) in [7, 11) is 0. The van der Waals surface area contributed by atoms with Crippen LogP contribution in [-0.4, -0.2) is 9.61 Å². The van der Waals surface area contributed by atoms with Gasteiger partial charge < -0.3 is 0 Å². The van der Waals surface area contributed by atoms with Crippen molar-refractivity contribution in [2.45, 2.75) is 6.92 Å². The van der Waals surface area contributed by atoms with Gasteiger partial charge in [-0.15, -0.1) is 0 Å². The minimum absolute atomic E-state index is 0.0174. The van der Waals surface area contributed by atoms with Gasteiger partial charge >= 0.3 is 0 Å². The van der Waals surface area contributed by atoms with E-state index in [4.69, 9.17) is 0 Å². The first-order valence-corrected chi connectivity index (χ1v) is 3.45. The van der Waals surface area contributed by atoms with E-state index in [1.165, 1.54) is 0 Å². The highest BCUT2D eigenvalue weighted by atomic mass is 16.1. The third-order valence-corrected chi connectivity index (χ3v) is 1.81. The van der Waals surface area contributed by atoms with E-state index in [9.17, 15) is 4.79 Å². The third kappa shape index (κ3) is 0.774. The maximum Gasteiger partial charge on any atom is 0.267 e. The number of pyridine rings is 1. The molecule has 0 saturated heterocycles. The third-order valence-electron chi connectivity index (χ3n) is 1.81. The van der Waals surface area contributed by atoms with Crippen LogP contribution in [0.3, 0.4) is 0 Å². The fourth-order valence-electron chi connectivity index (χ4n) is 1.16. The van der Waals surface area contributed by atoms with E-state index in [1.807, 2.05) is 31.3 Å². The van der Waals surface area contributed by atoms with Crippen LogP contribution < -0.4 is 5.56 Å². The molecule has 0 saturated carbocycles. The number of aryl methyl sites for hydroxylation is 1. The summed E-state index contributed by atoms with van der Waals surface area (Å²) >= 11 is 0. The molecule has 0 aliphatic carbocycles. The molecule has 0 aliphatic rings. The van der Waals surface area contributed by atoms with Crippen LogP contribution in [0.25, 0.3) is 5.52 Å². The average molecular weight is 148 g/mol. The van der Waals surface area contributed by atoms with Crippen LogP contribution in [-0.2, 0) is 0 Å². The summed E-state index contributed by atoms with van der Waals surface area (Å²) in [5.41, 5.74) is 1.69. The van der Waals surface area contributed by atoms with Gasteiger partial charge in [0, 0.05) is 11.8 Å². The van der Waals surface area contributed by atoms with E-state index in [-0.39, 0.29) is 5.56 Å². The zero-order chi connectivity index (χ0) is 7.84. The molecule has 2 heterocycles. The number of aromatic nitrogens is 2. The maximum absolute atomic E-state index is 11.1. The monoisotopic (exact) mass is 148 g/mol. The summed E-state index contributed by atoms with van der Waals surface area (Å²) in [5, 5.41) is 2.69. The summed E-state index contributed by atoms with van der Waals surface area (Å²) in [6.45, 7) is 1.81. The van der Waals surface area contributed by atoms with Crippen molar-refractivity contribution in [3.05, 3.63) is 40.3 Å². The number of nitrogens with zero attached hydrogens (tertiary/aromatic N) is 1. The number of hydrogen-bond donors (Lipinski definition) is 1. The fourth-order valence-corrected chi connectivity index (χ4v) is 1.16. The molecule has 0 radical (unpaired) electrons. The molecule has 0 unspecified atom stereocenters. The van der Waals surface area contributed by atoms with E-state index < -0.39 is 0 Å². The number of nitrogens with one attached hydrogen (secondary N) is 1. The van der Waals surface area contributed by atoms with Crippen LogP contribution in [0, 0.1) is 6.92 Å². The fraction of sp³-hybridized carbons (Fsp3) is 0.125. The Morgan fingerprint density at radius 2 is 2.27 bits per heavy atom. The molecular formula is C8H8N2O. The van der Waals surface area contributed by atoms with Crippen LogP contribution in [0.2, 0.25) is 0 Å². The highest BCUT2D eigenvalue weighted by Gasteiger charge is 2.00. The number of H-pyrrole nitrogens is 1. The molecule has 2 aromatic rings. The maximum atomic E-state index is 11.1. The number of rotatable bonds is 0. The molecule has 3 nitrogen and oxygen atoms in total. The van der Waals surface area contributed by atoms with Crippen molar-refractivity contribution in [1.29, 1.82) is 0 Å². The Kier molecular flexibility index (Phi) is 1.12. The van der Waals surface area contributed by atoms with E-state index in [1.54, 1.807) is 4.52 Å². The number of fused-ring (bicyclic) bond motifs is 1. The quantitative estimate of drug-likeness (QED) is 0.593. The van der Waals surface area contributed by atoms with Gasteiger partial charge in [-0.25, -0.2) is 0 Å². The highest BCUT2D eigenvalue weighted by Crippen LogP contribution is 2.02. The van der Waals surface area contributed by atoms with Crippen molar-refractivity contribution in [1.82, 2.24) is 9.61 Å². The molecule has 2 aromatic heterocycles. The van der Waals surface area contributed by atoms with E-state index in [0.29, 0.717) is 0 Å². The average Bonchev–Trinajstić information content (AvgIpc) is 2.30. The lowest BCUT2D eigenvalue weighted by atomic mass is 10.3. The molecule has 0 aromatic carbocycles. The normalized spacial score (nSPS) is 10.6. The Morgan fingerprint density at radius 1 is 1.45 bits per heavy atom. The van der Waals surface area contributed by atoms with Gasteiger partial charge in [-0.3, -0.25) is 14.4 Å². The summed E-state index contributed by atoms with van der Waals surface area (Å²) < 4.78 is 1.72. The van der Waals surface area contributed by atoms with Gasteiger partial charge in [0.2, 0.25) is 0 Å². The molecule has 0 fully saturated rings. The van der Waals surface area contributed by atoms with Crippen molar-refractivity contribution in [2.75, 3.05) is 0 Å². The van der Waals surface area contributed by atoms with Gasteiger partial charge in [0.15, 0.2) is 0 Å². The molecule has 0 atom stereocenters. The van der Waals surface area contributed by atoms with E-state index >= 15 is 0 Å². The van der Waals surface area contributed by atoms with Crippen molar-refractivity contribution < 1.29 is 0 Å². The van der Waals surface area contributed by atoms with Crippen LogP contribution in [0.15, 0.2) is 29.2 Å². The van der Waals surface area contributed by atoms with Crippen molar-refractivity contribution in [3.8, 4) is 0 Å². The van der Waals surface area contributed by atoms with Crippen molar-refractivity contribution in [3.63, 3.8) is 0 Å². The molecule has 0 amide bonds. The summed E-state index contributed by atoms with van der Waals surface area (Å²) in [6, 6.07) is 5.70. The van der Waals surface area contributed by atoms with Gasteiger partial charge in [-0.05, 0) is 19.1 Å². The largest absolute Gasteiger partial charge is 0.268 e. The zero-order valence-electron chi connectivity index (χ0n) is 6.16. The summed E-state index contributed by atoms with van der Waals surface area (Å²) in [5.74, 6) is 0. The summed E-state index contributed by atoms with van der Waals surface area (Å²) in [6.07, 6.45) is 1.82. The molecule has 3 heteroatoms. The second-order valence-electron chi connectivity index (χ2n) is 2.52. The second kappa shape index (κ2) is 1.99. The molecular weight excluding hydrogens is 140 g/mol. The molecule has 1 N–H and O–H groups in total. The second-order valence-corrected chi connectivity index (χ2v) is 2.52. The first-order valence-electron chi connectivity index (χ1n) is 3.45. The van der Waals surface area contributed by atoms with Gasteiger partial charge in [0.25, 0.3) is 5.56 Å². The Hall–Kier alpha value is -1.51. The van der Waals surface area contributed by atoms with E-state index in [0.717, 1.165) is 11.1 Å². The first-order chi connectivity index (χ1) is 5.29. The number of hydrogen-bond acceptors (Lipinski definition) is 1. The van der Waals surface area contributed by atoms with E-state index in [2.05, 4.69) is 5.10 Å². The smallest absolute Gasteiger partial charge is 0.267 e. The van der Waals surface area contributed by atoms with Crippen LogP contribution in [0.1, 0.15) is 5.56 Å². The molecule has 0 bridgehead atoms. The van der Waals surface area contributed by atoms with Crippen LogP contribution in [0.5, 0.6) is 0 Å². The SMILES string of the molecule is Cc1c(=O)[nH]n2ccccc12. The topological polar surface area (TPSA) is 37.3 Å². The standard InChI is InChI=1S/C8H8N2O/c1-6-7-4-2-3-5-10(7)9-8(6)11/h2-5H,1H3,(H,9,11). The Labute approximate surface area is 63.3 Å².